The zero-order valence-corrected chi connectivity index (χ0v) is 13.6. The highest BCUT2D eigenvalue weighted by Gasteiger charge is 2.18. The summed E-state index contributed by atoms with van der Waals surface area (Å²) in [5, 5.41) is 0. The van der Waals surface area contributed by atoms with Gasteiger partial charge in [0.25, 0.3) is 0 Å². The first kappa shape index (κ1) is 15.4. The summed E-state index contributed by atoms with van der Waals surface area (Å²) in [6, 6.07) is 9.47. The minimum absolute atomic E-state index is 0.245. The van der Waals surface area contributed by atoms with Crippen LogP contribution in [-0.2, 0) is 4.87 Å². The van der Waals surface area contributed by atoms with Crippen LogP contribution in [0.15, 0.2) is 24.3 Å². The molecule has 0 fully saturated rings. The van der Waals surface area contributed by atoms with E-state index in [0.29, 0.717) is 15.4 Å². The first-order valence-corrected chi connectivity index (χ1v) is 8.15. The lowest BCUT2D eigenvalue weighted by Crippen LogP contribution is -2.10. The van der Waals surface area contributed by atoms with Gasteiger partial charge in [-0.05, 0) is 30.9 Å². The van der Waals surface area contributed by atoms with Crippen LogP contribution in [0.4, 0.5) is 0 Å². The van der Waals surface area contributed by atoms with Gasteiger partial charge in [0.15, 0.2) is 0 Å². The molecular weight excluding hydrogens is 291 g/mol. The zero-order chi connectivity index (χ0) is 13.1. The molecule has 0 aliphatic carbocycles. The smallest absolute Gasteiger partial charge is 0.0929 e. The summed E-state index contributed by atoms with van der Waals surface area (Å²) in [6.07, 6.45) is 0. The molecule has 0 saturated heterocycles. The van der Waals surface area contributed by atoms with Gasteiger partial charge in [-0.15, -0.1) is 34.8 Å². The minimum atomic E-state index is -0.320. The number of rotatable bonds is 5. The summed E-state index contributed by atoms with van der Waals surface area (Å²) in [4.78, 5) is -0.320. The molecule has 0 bridgehead atoms. The second-order valence-electron chi connectivity index (χ2n) is 4.71. The van der Waals surface area contributed by atoms with Crippen LogP contribution in [0.5, 0.6) is 0 Å². The summed E-state index contributed by atoms with van der Waals surface area (Å²) in [6.45, 7) is 6.21. The molecule has 4 heteroatoms. The Labute approximate surface area is 121 Å². The number of benzene rings is 1. The first-order chi connectivity index (χ1) is 7.80. The topological polar surface area (TPSA) is 0 Å². The Balaban J connectivity index is 2.77. The molecule has 0 saturated carbocycles. The SMILES string of the molecule is CC(C[Si]C(Cl)Cl)c1cccc(C(C)(C)Cl)c1. The van der Waals surface area contributed by atoms with Crippen molar-refractivity contribution in [2.24, 2.45) is 0 Å². The maximum Gasteiger partial charge on any atom is 0.0929 e. The highest BCUT2D eigenvalue weighted by Crippen LogP contribution is 2.30. The largest absolute Gasteiger partial charge is 0.115 e. The van der Waals surface area contributed by atoms with Crippen molar-refractivity contribution in [3.8, 4) is 0 Å². The Hall–Kier alpha value is 0.307. The van der Waals surface area contributed by atoms with Crippen molar-refractivity contribution in [2.75, 3.05) is 0 Å². The molecule has 17 heavy (non-hydrogen) atoms. The van der Waals surface area contributed by atoms with Crippen molar-refractivity contribution < 1.29 is 0 Å². The Bertz CT molecular complexity index is 358. The summed E-state index contributed by atoms with van der Waals surface area (Å²) in [5.74, 6) is 0.465. The van der Waals surface area contributed by atoms with E-state index in [0.717, 1.165) is 11.6 Å². The second kappa shape index (κ2) is 6.47. The van der Waals surface area contributed by atoms with Crippen molar-refractivity contribution in [1.82, 2.24) is 0 Å². The van der Waals surface area contributed by atoms with Crippen LogP contribution in [0, 0.1) is 0 Å². The molecule has 1 aromatic rings. The quantitative estimate of drug-likeness (QED) is 0.521. The van der Waals surface area contributed by atoms with Crippen molar-refractivity contribution >= 4 is 44.3 Å². The first-order valence-electron chi connectivity index (χ1n) is 5.61. The molecule has 1 unspecified atom stereocenters. The van der Waals surface area contributed by atoms with E-state index < -0.39 is 0 Å². The molecule has 0 amide bonds. The minimum Gasteiger partial charge on any atom is -0.115 e. The van der Waals surface area contributed by atoms with Crippen LogP contribution in [0.3, 0.4) is 0 Å². The molecule has 94 valence electrons. The number of hydrogen-bond acceptors (Lipinski definition) is 0. The van der Waals surface area contributed by atoms with Gasteiger partial charge in [-0.2, -0.15) is 0 Å². The molecule has 0 nitrogen and oxygen atoms in total. The van der Waals surface area contributed by atoms with Gasteiger partial charge in [0.05, 0.1) is 18.9 Å². The van der Waals surface area contributed by atoms with Gasteiger partial charge in [0.1, 0.15) is 0 Å². The summed E-state index contributed by atoms with van der Waals surface area (Å²) >= 11 is 17.9. The van der Waals surface area contributed by atoms with Gasteiger partial charge >= 0.3 is 0 Å². The van der Waals surface area contributed by atoms with E-state index in [1.165, 1.54) is 5.56 Å². The summed E-state index contributed by atoms with van der Waals surface area (Å²) < 4.78 is -0.245. The molecule has 0 aliphatic rings. The van der Waals surface area contributed by atoms with Crippen LogP contribution >= 0.6 is 34.8 Å². The van der Waals surface area contributed by atoms with Gasteiger partial charge < -0.3 is 0 Å². The molecule has 0 aromatic heterocycles. The van der Waals surface area contributed by atoms with E-state index in [2.05, 4.69) is 31.2 Å². The summed E-state index contributed by atoms with van der Waals surface area (Å²) in [7, 11) is 0.576. The van der Waals surface area contributed by atoms with Gasteiger partial charge in [0.2, 0.25) is 0 Å². The third-order valence-electron chi connectivity index (χ3n) is 2.72. The summed E-state index contributed by atoms with van der Waals surface area (Å²) in [5.41, 5.74) is 2.46. The Morgan fingerprint density at radius 2 is 1.94 bits per heavy atom. The van der Waals surface area contributed by atoms with Gasteiger partial charge in [0, 0.05) is 0 Å². The Kier molecular flexibility index (Phi) is 5.84. The predicted molar refractivity (Wildman–Crippen MR) is 79.8 cm³/mol. The highest BCUT2D eigenvalue weighted by atomic mass is 35.5. The van der Waals surface area contributed by atoms with E-state index >= 15 is 0 Å². The normalized spacial score (nSPS) is 14.1. The Morgan fingerprint density at radius 3 is 2.47 bits per heavy atom. The van der Waals surface area contributed by atoms with Crippen LogP contribution < -0.4 is 0 Å². The van der Waals surface area contributed by atoms with E-state index in [1.807, 2.05) is 13.8 Å². The zero-order valence-electron chi connectivity index (χ0n) is 10.3. The van der Waals surface area contributed by atoms with E-state index in [1.54, 1.807) is 0 Å². The lowest BCUT2D eigenvalue weighted by atomic mass is 9.95. The third-order valence-corrected chi connectivity index (χ3v) is 5.02. The maximum absolute atomic E-state index is 6.32. The number of halogens is 3. The molecule has 0 spiro atoms. The predicted octanol–water partition coefficient (Wildman–Crippen LogP) is 5.15. The molecular formula is C13H17Cl3Si. The van der Waals surface area contributed by atoms with E-state index in [4.69, 9.17) is 34.8 Å². The lowest BCUT2D eigenvalue weighted by Gasteiger charge is -2.19. The average molecular weight is 308 g/mol. The maximum atomic E-state index is 6.32. The van der Waals surface area contributed by atoms with Crippen LogP contribution in [-0.4, -0.2) is 14.0 Å². The monoisotopic (exact) mass is 306 g/mol. The Morgan fingerprint density at radius 1 is 1.29 bits per heavy atom. The third kappa shape index (κ3) is 5.21. The second-order valence-corrected chi connectivity index (χ2v) is 8.87. The molecule has 1 atom stereocenters. The molecule has 0 aliphatic heterocycles. The standard InChI is InChI=1S/C13H17Cl3Si/c1-9(8-17-12(14)15)10-5-4-6-11(7-10)13(2,3)16/h4-7,9,12H,8H2,1-3H3. The fourth-order valence-corrected chi connectivity index (χ4v) is 3.02. The van der Waals surface area contributed by atoms with Crippen molar-refractivity contribution in [2.45, 2.75) is 42.1 Å². The van der Waals surface area contributed by atoms with Crippen molar-refractivity contribution in [3.63, 3.8) is 0 Å². The molecule has 2 radical (unpaired) electrons. The highest BCUT2D eigenvalue weighted by molar-refractivity contribution is 6.68. The van der Waals surface area contributed by atoms with Crippen LogP contribution in [0.2, 0.25) is 6.04 Å². The van der Waals surface area contributed by atoms with Crippen LogP contribution in [0.25, 0.3) is 0 Å². The van der Waals surface area contributed by atoms with E-state index in [9.17, 15) is 0 Å². The van der Waals surface area contributed by atoms with Gasteiger partial charge in [-0.3, -0.25) is 0 Å². The van der Waals surface area contributed by atoms with Crippen molar-refractivity contribution in [1.29, 1.82) is 0 Å². The van der Waals surface area contributed by atoms with Gasteiger partial charge in [-0.25, -0.2) is 0 Å². The van der Waals surface area contributed by atoms with Crippen LogP contribution in [0.1, 0.15) is 37.8 Å². The molecule has 0 heterocycles. The van der Waals surface area contributed by atoms with Crippen molar-refractivity contribution in [3.05, 3.63) is 35.4 Å². The molecule has 0 N–H and O–H groups in total. The number of hydrogen-bond donors (Lipinski definition) is 0. The van der Waals surface area contributed by atoms with E-state index in [-0.39, 0.29) is 9.33 Å². The fraction of sp³-hybridized carbons (Fsp3) is 0.538. The number of alkyl halides is 3. The molecule has 1 aromatic carbocycles. The lowest BCUT2D eigenvalue weighted by molar-refractivity contribution is 0.757. The fourth-order valence-electron chi connectivity index (χ4n) is 1.60. The van der Waals surface area contributed by atoms with Gasteiger partial charge in [-0.1, -0.05) is 37.2 Å². The average Bonchev–Trinajstić information content (AvgIpc) is 2.25. The molecule has 1 rings (SSSR count).